The molecule has 2 aromatic heterocycles. The number of aryl methyl sites for hydroxylation is 1. The minimum absolute atomic E-state index is 0.0426. The van der Waals surface area contributed by atoms with Gasteiger partial charge in [0.05, 0.1) is 5.52 Å². The van der Waals surface area contributed by atoms with Crippen LogP contribution in [0, 0.1) is 6.92 Å². The lowest BCUT2D eigenvalue weighted by molar-refractivity contribution is 0.0995. The van der Waals surface area contributed by atoms with E-state index in [4.69, 9.17) is 4.42 Å². The van der Waals surface area contributed by atoms with Gasteiger partial charge in [-0.3, -0.25) is 4.79 Å². The minimum Gasteiger partial charge on any atom is -0.455 e. The lowest BCUT2D eigenvalue weighted by atomic mass is 10.2. The molecule has 1 aliphatic heterocycles. The van der Waals surface area contributed by atoms with Crippen molar-refractivity contribution >= 4 is 32.7 Å². The van der Waals surface area contributed by atoms with E-state index in [0.717, 1.165) is 23.7 Å². The Bertz CT molecular complexity index is 1110. The molecule has 1 fully saturated rings. The normalized spacial score (nSPS) is 15.3. The maximum Gasteiger partial charge on any atom is 0.292 e. The third-order valence-corrected chi connectivity index (χ3v) is 6.63. The number of amides is 1. The number of hydrogen-bond donors (Lipinski definition) is 1. The molecule has 0 bridgehead atoms. The molecule has 0 atom stereocenters. The number of hydrogen-bond acceptors (Lipinski definition) is 5. The van der Waals surface area contributed by atoms with Crippen LogP contribution in [0.3, 0.4) is 0 Å². The van der Waals surface area contributed by atoms with Crippen LogP contribution in [0.25, 0.3) is 10.9 Å². The molecule has 3 heterocycles. The fourth-order valence-corrected chi connectivity index (χ4v) is 4.89. The van der Waals surface area contributed by atoms with Crippen LogP contribution < -0.4 is 5.32 Å². The Morgan fingerprint density at radius 1 is 1.15 bits per heavy atom. The summed E-state index contributed by atoms with van der Waals surface area (Å²) in [6, 6.07) is 12.4. The summed E-state index contributed by atoms with van der Waals surface area (Å²) < 4.78 is 32.3. The zero-order valence-corrected chi connectivity index (χ0v) is 15.6. The van der Waals surface area contributed by atoms with Crippen LogP contribution in [-0.4, -0.2) is 36.7 Å². The fourth-order valence-electron chi connectivity index (χ4n) is 3.21. The molecule has 1 aromatic carbocycles. The molecule has 8 heteroatoms. The van der Waals surface area contributed by atoms with Crippen LogP contribution in [0.4, 0.5) is 5.82 Å². The van der Waals surface area contributed by atoms with Gasteiger partial charge in [-0.2, -0.15) is 4.31 Å². The van der Waals surface area contributed by atoms with Gasteiger partial charge in [-0.05, 0) is 38.0 Å². The van der Waals surface area contributed by atoms with Gasteiger partial charge in [0.2, 0.25) is 10.0 Å². The van der Waals surface area contributed by atoms with Crippen LogP contribution in [0.5, 0.6) is 0 Å². The molecule has 140 valence electrons. The number of nitrogens with one attached hydrogen (secondary N) is 1. The minimum atomic E-state index is -3.64. The third kappa shape index (κ3) is 3.33. The Morgan fingerprint density at radius 2 is 1.89 bits per heavy atom. The number of para-hydroxylation sites is 1. The maximum absolute atomic E-state index is 12.7. The average Bonchev–Trinajstić information content (AvgIpc) is 3.32. The molecule has 3 aromatic rings. The number of sulfonamides is 1. The molecule has 0 radical (unpaired) electrons. The van der Waals surface area contributed by atoms with Crippen molar-refractivity contribution in [3.05, 3.63) is 54.0 Å². The first-order valence-corrected chi connectivity index (χ1v) is 10.2. The van der Waals surface area contributed by atoms with E-state index < -0.39 is 15.9 Å². The second-order valence-electron chi connectivity index (χ2n) is 6.49. The second kappa shape index (κ2) is 6.79. The number of aromatic nitrogens is 1. The van der Waals surface area contributed by atoms with Crippen LogP contribution in [-0.2, 0) is 10.0 Å². The number of benzene rings is 1. The maximum atomic E-state index is 12.7. The van der Waals surface area contributed by atoms with E-state index in [1.165, 1.54) is 10.4 Å². The van der Waals surface area contributed by atoms with Crippen molar-refractivity contribution in [1.29, 1.82) is 0 Å². The molecular weight excluding hydrogens is 366 g/mol. The zero-order valence-electron chi connectivity index (χ0n) is 14.8. The first kappa shape index (κ1) is 17.7. The number of anilines is 1. The second-order valence-corrected chi connectivity index (χ2v) is 8.39. The fraction of sp³-hybridized carbons (Fsp3) is 0.263. The van der Waals surface area contributed by atoms with Crippen LogP contribution in [0.1, 0.15) is 29.2 Å². The van der Waals surface area contributed by atoms with Gasteiger partial charge < -0.3 is 9.73 Å². The van der Waals surface area contributed by atoms with E-state index in [2.05, 4.69) is 10.3 Å². The summed E-state index contributed by atoms with van der Waals surface area (Å²) in [7, 11) is -3.64. The molecule has 27 heavy (non-hydrogen) atoms. The molecule has 7 nitrogen and oxygen atoms in total. The Kier molecular flexibility index (Phi) is 4.45. The van der Waals surface area contributed by atoms with E-state index in [0.29, 0.717) is 18.9 Å². The Balaban J connectivity index is 1.58. The molecule has 1 aliphatic rings. The van der Waals surface area contributed by atoms with Crippen molar-refractivity contribution in [1.82, 2.24) is 9.29 Å². The number of rotatable bonds is 4. The topological polar surface area (TPSA) is 92.5 Å². The molecular formula is C19H19N3O4S. The predicted molar refractivity (Wildman–Crippen MR) is 101 cm³/mol. The molecule has 1 N–H and O–H groups in total. The summed E-state index contributed by atoms with van der Waals surface area (Å²) in [6.45, 7) is 2.54. The Hall–Kier alpha value is -2.71. The highest BCUT2D eigenvalue weighted by Crippen LogP contribution is 2.27. The third-order valence-electron chi connectivity index (χ3n) is 4.62. The summed E-state index contributed by atoms with van der Waals surface area (Å²) in [4.78, 5) is 16.9. The monoisotopic (exact) mass is 385 g/mol. The molecule has 4 rings (SSSR count). The highest BCUT2D eigenvalue weighted by Gasteiger charge is 2.31. The number of nitrogens with zero attached hydrogens (tertiary/aromatic N) is 2. The summed E-state index contributed by atoms with van der Waals surface area (Å²) in [6.07, 6.45) is 1.69. The van der Waals surface area contributed by atoms with Crippen molar-refractivity contribution in [2.24, 2.45) is 0 Å². The molecule has 0 unspecified atom stereocenters. The summed E-state index contributed by atoms with van der Waals surface area (Å²) in [5.41, 5.74) is 0.753. The van der Waals surface area contributed by atoms with E-state index in [-0.39, 0.29) is 16.4 Å². The number of fused-ring (bicyclic) bond motifs is 1. The Labute approximate surface area is 157 Å². The van der Waals surface area contributed by atoms with Crippen molar-refractivity contribution in [3.8, 4) is 0 Å². The lowest BCUT2D eigenvalue weighted by Crippen LogP contribution is -2.28. The van der Waals surface area contributed by atoms with Crippen molar-refractivity contribution in [3.63, 3.8) is 0 Å². The summed E-state index contributed by atoms with van der Waals surface area (Å²) in [5.74, 6) is -0.0146. The molecule has 1 saturated heterocycles. The molecule has 0 saturated carbocycles. The van der Waals surface area contributed by atoms with Gasteiger partial charge in [-0.1, -0.05) is 18.2 Å². The van der Waals surface area contributed by atoms with Gasteiger partial charge in [-0.15, -0.1) is 0 Å². The number of furan rings is 1. The summed E-state index contributed by atoms with van der Waals surface area (Å²) >= 11 is 0. The quantitative estimate of drug-likeness (QED) is 0.745. The molecule has 1 amide bonds. The summed E-state index contributed by atoms with van der Waals surface area (Å²) in [5, 5.41) is 3.62. The van der Waals surface area contributed by atoms with E-state index in [9.17, 15) is 13.2 Å². The lowest BCUT2D eigenvalue weighted by Gasteiger charge is -2.14. The SMILES string of the molecule is Cc1oc(C(=O)Nc2ccc3ccccc3n2)cc1S(=O)(=O)N1CCCC1. The number of carbonyl (C=O) groups excluding carboxylic acids is 1. The highest BCUT2D eigenvalue weighted by molar-refractivity contribution is 7.89. The number of pyridine rings is 1. The highest BCUT2D eigenvalue weighted by atomic mass is 32.2. The van der Waals surface area contributed by atoms with Crippen LogP contribution in [0.2, 0.25) is 0 Å². The van der Waals surface area contributed by atoms with Gasteiger partial charge >= 0.3 is 0 Å². The smallest absolute Gasteiger partial charge is 0.292 e. The Morgan fingerprint density at radius 3 is 2.67 bits per heavy atom. The zero-order chi connectivity index (χ0) is 19.0. The van der Waals surface area contributed by atoms with Gasteiger partial charge in [-0.25, -0.2) is 13.4 Å². The molecule has 0 aliphatic carbocycles. The van der Waals surface area contributed by atoms with Gasteiger partial charge in [0.1, 0.15) is 16.5 Å². The first-order valence-electron chi connectivity index (χ1n) is 8.73. The van der Waals surface area contributed by atoms with Crippen LogP contribution in [0.15, 0.2) is 51.8 Å². The predicted octanol–water partition coefficient (Wildman–Crippen LogP) is 3.17. The first-order chi connectivity index (χ1) is 12.9. The van der Waals surface area contributed by atoms with E-state index in [1.807, 2.05) is 30.3 Å². The van der Waals surface area contributed by atoms with Crippen molar-refractivity contribution in [2.45, 2.75) is 24.7 Å². The van der Waals surface area contributed by atoms with Crippen molar-refractivity contribution < 1.29 is 17.6 Å². The van der Waals surface area contributed by atoms with E-state index in [1.54, 1.807) is 13.0 Å². The number of carbonyl (C=O) groups is 1. The van der Waals surface area contributed by atoms with Crippen molar-refractivity contribution in [2.75, 3.05) is 18.4 Å². The van der Waals surface area contributed by atoms with Crippen LogP contribution >= 0.6 is 0 Å². The van der Waals surface area contributed by atoms with Gasteiger partial charge in [0, 0.05) is 24.5 Å². The average molecular weight is 385 g/mol. The standard InChI is InChI=1S/C19H19N3O4S/c1-13-17(27(24,25)22-10-4-5-11-22)12-16(26-13)19(23)21-18-9-8-14-6-2-3-7-15(14)20-18/h2-3,6-9,12H,4-5,10-11H2,1H3,(H,20,21,23). The largest absolute Gasteiger partial charge is 0.455 e. The van der Waals surface area contributed by atoms with Gasteiger partial charge in [0.15, 0.2) is 5.76 Å². The molecule has 0 spiro atoms. The van der Waals surface area contributed by atoms with Gasteiger partial charge in [0.25, 0.3) is 5.91 Å². The van der Waals surface area contributed by atoms with E-state index >= 15 is 0 Å².